The molecule has 7 rings (SSSR count). The van der Waals surface area contributed by atoms with Crippen molar-refractivity contribution in [1.29, 1.82) is 0 Å². The van der Waals surface area contributed by atoms with Gasteiger partial charge in [0.2, 0.25) is 23.8 Å². The second-order valence-corrected chi connectivity index (χ2v) is 15.7. The first-order chi connectivity index (χ1) is 30.4. The van der Waals surface area contributed by atoms with Gasteiger partial charge < -0.3 is 119 Å². The molecule has 4 fully saturated rings. The molecule has 0 bridgehead atoms. The first-order valence-corrected chi connectivity index (χ1v) is 19.9. The molecule has 3 aromatic rings. The van der Waals surface area contributed by atoms with E-state index in [0.29, 0.717) is 0 Å². The van der Waals surface area contributed by atoms with Crippen molar-refractivity contribution in [2.75, 3.05) is 19.8 Å². The van der Waals surface area contributed by atoms with E-state index < -0.39 is 171 Å². The van der Waals surface area contributed by atoms with Crippen LogP contribution in [0.2, 0.25) is 0 Å². The van der Waals surface area contributed by atoms with Gasteiger partial charge >= 0.3 is 0 Å². The van der Waals surface area contributed by atoms with Crippen molar-refractivity contribution in [1.82, 2.24) is 0 Å². The maximum Gasteiger partial charge on any atom is 0.239 e. The predicted octanol–water partition coefficient (Wildman–Crippen LogP) is -6.10. The Kier molecular flexibility index (Phi) is 14.6. The van der Waals surface area contributed by atoms with Gasteiger partial charge in [0.25, 0.3) is 0 Å². The molecule has 0 spiro atoms. The molecule has 25 heteroatoms. The first-order valence-electron chi connectivity index (χ1n) is 19.9. The number of benzene rings is 2. The van der Waals surface area contributed by atoms with Crippen LogP contribution in [0.25, 0.3) is 22.3 Å². The molecule has 2 aromatic carbocycles. The number of ether oxygens (including phenoxy) is 8. The topological polar surface area (TPSA) is 408 Å². The summed E-state index contributed by atoms with van der Waals surface area (Å²) in [6, 6.07) is 7.04. The molecular weight excluding hydrogens is 868 g/mol. The number of phenolic OH excluding ortho intramolecular Hbond substituents is 2. The van der Waals surface area contributed by atoms with Crippen LogP contribution in [0.3, 0.4) is 0 Å². The fourth-order valence-electron chi connectivity index (χ4n) is 7.69. The summed E-state index contributed by atoms with van der Waals surface area (Å²) in [5, 5.41) is 157. The number of fused-ring (bicyclic) bond motifs is 1. The Hall–Kier alpha value is -3.91. The minimum Gasteiger partial charge on any atom is -0.508 e. The largest absolute Gasteiger partial charge is 0.508 e. The summed E-state index contributed by atoms with van der Waals surface area (Å²) in [6.07, 6.45) is -36.4. The highest BCUT2D eigenvalue weighted by Gasteiger charge is 2.55. The van der Waals surface area contributed by atoms with E-state index in [4.69, 9.17) is 42.3 Å². The molecule has 9 unspecified atom stereocenters. The van der Waals surface area contributed by atoms with Gasteiger partial charge in [-0.3, -0.25) is 4.79 Å². The normalized spacial score (nSPS) is 40.6. The zero-order valence-corrected chi connectivity index (χ0v) is 33.4. The number of aliphatic hydroxyl groups is 13. The number of aromatic hydroxyl groups is 2. The maximum absolute atomic E-state index is 14.5. The molecule has 64 heavy (non-hydrogen) atoms. The fourth-order valence-corrected chi connectivity index (χ4v) is 7.69. The molecule has 4 saturated heterocycles. The third-order valence-electron chi connectivity index (χ3n) is 11.4. The van der Waals surface area contributed by atoms with Gasteiger partial charge in [0.05, 0.1) is 25.9 Å². The van der Waals surface area contributed by atoms with Crippen molar-refractivity contribution in [3.8, 4) is 34.3 Å². The van der Waals surface area contributed by atoms with E-state index in [2.05, 4.69) is 0 Å². The second kappa shape index (κ2) is 19.5. The number of hydrogen-bond acceptors (Lipinski definition) is 25. The van der Waals surface area contributed by atoms with E-state index in [1.54, 1.807) is 0 Å². The van der Waals surface area contributed by atoms with Crippen molar-refractivity contribution in [2.45, 2.75) is 130 Å². The number of hydrogen-bond donors (Lipinski definition) is 15. The van der Waals surface area contributed by atoms with E-state index in [-0.39, 0.29) is 22.6 Å². The zero-order valence-electron chi connectivity index (χ0n) is 33.4. The molecule has 356 valence electrons. The van der Waals surface area contributed by atoms with Gasteiger partial charge in [0.1, 0.15) is 114 Å². The smallest absolute Gasteiger partial charge is 0.239 e. The Labute approximate surface area is 360 Å². The molecule has 5 heterocycles. The molecule has 4 aliphatic heterocycles. The minimum atomic E-state index is -2.14. The van der Waals surface area contributed by atoms with E-state index in [9.17, 15) is 81.4 Å². The van der Waals surface area contributed by atoms with Crippen LogP contribution in [-0.2, 0) is 28.4 Å². The Morgan fingerprint density at radius 3 is 1.64 bits per heavy atom. The van der Waals surface area contributed by atoms with Crippen LogP contribution >= 0.6 is 0 Å². The van der Waals surface area contributed by atoms with Crippen LogP contribution in [0.5, 0.6) is 23.0 Å². The number of phenols is 2. The lowest BCUT2D eigenvalue weighted by Crippen LogP contribution is -2.67. The lowest BCUT2D eigenvalue weighted by molar-refractivity contribution is -0.389. The maximum atomic E-state index is 14.5. The van der Waals surface area contributed by atoms with E-state index in [1.165, 1.54) is 31.2 Å². The molecule has 0 aliphatic carbocycles. The molecule has 1 aromatic heterocycles. The molecule has 25 nitrogen and oxygen atoms in total. The monoisotopic (exact) mass is 918 g/mol. The van der Waals surface area contributed by atoms with Crippen molar-refractivity contribution in [2.24, 2.45) is 0 Å². The fraction of sp³-hybridized carbons (Fsp3) is 0.615. The average molecular weight is 919 g/mol. The summed E-state index contributed by atoms with van der Waals surface area (Å²) < 4.78 is 51.9. The van der Waals surface area contributed by atoms with Crippen LogP contribution in [-0.4, -0.2) is 219 Å². The Morgan fingerprint density at radius 1 is 0.547 bits per heavy atom. The Morgan fingerprint density at radius 2 is 1.05 bits per heavy atom. The first kappa shape index (κ1) is 48.0. The van der Waals surface area contributed by atoms with E-state index >= 15 is 0 Å². The lowest BCUT2D eigenvalue weighted by atomic mass is 9.96. The highest BCUT2D eigenvalue weighted by atomic mass is 16.8. The summed E-state index contributed by atoms with van der Waals surface area (Å²) >= 11 is 0. The Balaban J connectivity index is 1.27. The predicted molar refractivity (Wildman–Crippen MR) is 204 cm³/mol. The van der Waals surface area contributed by atoms with Gasteiger partial charge in [-0.1, -0.05) is 0 Å². The van der Waals surface area contributed by atoms with Gasteiger partial charge in [0, 0.05) is 17.7 Å². The van der Waals surface area contributed by atoms with Gasteiger partial charge in [0.15, 0.2) is 24.4 Å². The molecular formula is C39H50O25. The summed E-state index contributed by atoms with van der Waals surface area (Å²) in [7, 11) is 0. The summed E-state index contributed by atoms with van der Waals surface area (Å²) in [4.78, 5) is 14.5. The van der Waals surface area contributed by atoms with Crippen LogP contribution < -0.4 is 14.9 Å². The third-order valence-corrected chi connectivity index (χ3v) is 11.4. The van der Waals surface area contributed by atoms with Crippen molar-refractivity contribution in [3.63, 3.8) is 0 Å². The quantitative estimate of drug-likeness (QED) is 0.0804. The number of rotatable bonds is 12. The minimum absolute atomic E-state index is 0.0358. The molecule has 0 radical (unpaired) electrons. The zero-order chi connectivity index (χ0) is 46.5. The lowest BCUT2D eigenvalue weighted by Gasteiger charge is -2.48. The highest BCUT2D eigenvalue weighted by Crippen LogP contribution is 2.40. The third kappa shape index (κ3) is 9.12. The summed E-state index contributed by atoms with van der Waals surface area (Å²) in [6.45, 7) is -1.38. The second-order valence-electron chi connectivity index (χ2n) is 15.7. The SMILES string of the molecule is CC1O[C@@H](Oc2cc(O)c3c(=O)c(O[C@@H]4OC(CO)[C@@H](O)[C@H](O)C4O[C@@H]4OC(CO)[C@@H](O)C(O)C4O[C@@H]4OC(CO)[C@@H](O)C(O)[C@H]4O)c(-c4ccc(O)cc4)oc3c2)C(O)[C@@H](O)[C@H]1O. The molecule has 0 saturated carbocycles. The standard InChI is InChI=1S/C39H50O25/c1-11-21(45)26(50)30(54)36(56-11)57-14-6-15(44)20-16(7-14)58-32(12-2-4-13(43)5-3-12)33(25(20)49)62-38-35(29(53)24(48)18(9-41)60-38)64-39-34(28(52)23(47)19(10-42)61-39)63-37-31(55)27(51)22(46)17(8-40)59-37/h2-7,11,17-19,21-24,26-31,34-48,50-55H,8-10H2,1H3/t11?,17?,18?,19?,21-,22+,23+,24+,26-,27?,28?,29-,30?,31+,34?,35?,36-,37-,38-,39-/m0/s1. The Bertz CT molecular complexity index is 2100. The van der Waals surface area contributed by atoms with E-state index in [0.717, 1.165) is 12.1 Å². The summed E-state index contributed by atoms with van der Waals surface area (Å²) in [5.41, 5.74) is -1.47. The van der Waals surface area contributed by atoms with Crippen molar-refractivity contribution >= 4 is 11.0 Å². The van der Waals surface area contributed by atoms with Gasteiger partial charge in [-0.05, 0) is 31.2 Å². The molecule has 0 amide bonds. The van der Waals surface area contributed by atoms with E-state index in [1.807, 2.05) is 0 Å². The summed E-state index contributed by atoms with van der Waals surface area (Å²) in [5.74, 6) is -2.49. The molecule has 4 aliphatic rings. The van der Waals surface area contributed by atoms with Gasteiger partial charge in [-0.25, -0.2) is 0 Å². The van der Waals surface area contributed by atoms with Crippen LogP contribution in [0, 0.1) is 0 Å². The van der Waals surface area contributed by atoms with Crippen LogP contribution in [0.4, 0.5) is 0 Å². The van der Waals surface area contributed by atoms with Crippen LogP contribution in [0.15, 0.2) is 45.6 Å². The highest BCUT2D eigenvalue weighted by molar-refractivity contribution is 5.88. The van der Waals surface area contributed by atoms with Gasteiger partial charge in [-0.15, -0.1) is 0 Å². The van der Waals surface area contributed by atoms with Crippen molar-refractivity contribution < 1.29 is 119 Å². The van der Waals surface area contributed by atoms with Crippen molar-refractivity contribution in [3.05, 3.63) is 46.6 Å². The average Bonchev–Trinajstić information content (AvgIpc) is 3.27. The van der Waals surface area contributed by atoms with Gasteiger partial charge in [-0.2, -0.15) is 0 Å². The number of aliphatic hydroxyl groups excluding tert-OH is 13. The van der Waals surface area contributed by atoms with Crippen LogP contribution in [0.1, 0.15) is 6.92 Å². The molecule has 20 atom stereocenters. The molecule has 15 N–H and O–H groups in total.